The zero-order valence-electron chi connectivity index (χ0n) is 8.84. The molecule has 0 spiro atoms. The highest BCUT2D eigenvalue weighted by molar-refractivity contribution is 6.45. The Hall–Kier alpha value is -1.74. The maximum atomic E-state index is 8.77. The summed E-state index contributed by atoms with van der Waals surface area (Å²) in [5.74, 6) is 0.800. The smallest absolute Gasteiger partial charge is 0.326 e. The van der Waals surface area contributed by atoms with Crippen LogP contribution >= 0.6 is 0 Å². The second-order valence-electron chi connectivity index (χ2n) is 3.47. The van der Waals surface area contributed by atoms with E-state index in [0.29, 0.717) is 6.61 Å². The van der Waals surface area contributed by atoms with Gasteiger partial charge in [-0.1, -0.05) is 47.9 Å². The molecule has 0 amide bonds. The molecule has 0 atom stereocenters. The minimum atomic E-state index is 0.559. The van der Waals surface area contributed by atoms with Gasteiger partial charge in [0.2, 0.25) is 0 Å². The lowest BCUT2D eigenvalue weighted by atomic mass is 9.89. The predicted molar refractivity (Wildman–Crippen MR) is 64.8 cm³/mol. The molecule has 0 unspecified atom stereocenters. The van der Waals surface area contributed by atoms with E-state index in [4.69, 9.17) is 9.76 Å². The maximum absolute atomic E-state index is 8.77. The van der Waals surface area contributed by atoms with E-state index in [1.165, 1.54) is 0 Å². The molecule has 2 aromatic carbocycles. The molecule has 0 aliphatic rings. The molecule has 0 saturated carbocycles. The van der Waals surface area contributed by atoms with Crippen LogP contribution in [0.5, 0.6) is 5.75 Å². The van der Waals surface area contributed by atoms with E-state index in [0.717, 1.165) is 24.3 Å². The molecule has 0 aromatic heterocycles. The predicted octanol–water partition coefficient (Wildman–Crippen LogP) is 1.50. The molecule has 3 heteroatoms. The first-order valence-electron chi connectivity index (χ1n) is 5.13. The molecule has 0 saturated heterocycles. The third-order valence-electron chi connectivity index (χ3n) is 2.28. The highest BCUT2D eigenvalue weighted by Gasteiger charge is 1.96. The van der Waals surface area contributed by atoms with E-state index in [9.17, 15) is 0 Å². The number of hydrogen-bond donors (Lipinski definition) is 1. The summed E-state index contributed by atoms with van der Waals surface area (Å²) < 4.78 is 5.60. The second kappa shape index (κ2) is 5.38. The van der Waals surface area contributed by atoms with E-state index in [1.54, 1.807) is 12.1 Å². The van der Waals surface area contributed by atoms with Gasteiger partial charge in [0, 0.05) is 0 Å². The fourth-order valence-electron chi connectivity index (χ4n) is 1.39. The van der Waals surface area contributed by atoms with Crippen molar-refractivity contribution in [2.75, 3.05) is 0 Å². The van der Waals surface area contributed by atoms with Crippen LogP contribution in [0, 0.1) is 0 Å². The normalized spacial score (nSPS) is 9.81. The summed E-state index contributed by atoms with van der Waals surface area (Å²) in [6.45, 7) is 0.559. The Morgan fingerprint density at radius 2 is 1.62 bits per heavy atom. The highest BCUT2D eigenvalue weighted by atomic mass is 16.5. The number of rotatable bonds is 4. The molecule has 0 fully saturated rings. The van der Waals surface area contributed by atoms with Gasteiger partial charge in [0.05, 0.1) is 0 Å². The van der Waals surface area contributed by atoms with Gasteiger partial charge < -0.3 is 9.76 Å². The van der Waals surface area contributed by atoms with Crippen LogP contribution < -0.4 is 10.2 Å². The monoisotopic (exact) mass is 211 g/mol. The minimum absolute atomic E-state index is 0.559. The summed E-state index contributed by atoms with van der Waals surface area (Å²) in [6.07, 6.45) is 0. The SMILES string of the molecule is O[B]c1ccc(OCc2ccccc2)cc1. The first kappa shape index (κ1) is 10.8. The van der Waals surface area contributed by atoms with Crippen molar-refractivity contribution in [1.29, 1.82) is 0 Å². The molecule has 1 N–H and O–H groups in total. The van der Waals surface area contributed by atoms with Crippen molar-refractivity contribution >= 4 is 12.9 Å². The number of benzene rings is 2. The third-order valence-corrected chi connectivity index (χ3v) is 2.28. The number of hydrogen-bond acceptors (Lipinski definition) is 2. The molecule has 2 nitrogen and oxygen atoms in total. The third kappa shape index (κ3) is 2.88. The van der Waals surface area contributed by atoms with Crippen LogP contribution in [-0.4, -0.2) is 12.5 Å². The Kier molecular flexibility index (Phi) is 3.62. The first-order chi connectivity index (χ1) is 7.88. The summed E-state index contributed by atoms with van der Waals surface area (Å²) in [6, 6.07) is 17.3. The highest BCUT2D eigenvalue weighted by Crippen LogP contribution is 2.10. The average Bonchev–Trinajstić information content (AvgIpc) is 2.38. The molecule has 2 aromatic rings. The maximum Gasteiger partial charge on any atom is 0.326 e. The lowest BCUT2D eigenvalue weighted by Crippen LogP contribution is -2.12. The van der Waals surface area contributed by atoms with Crippen LogP contribution in [0.4, 0.5) is 0 Å². The average molecular weight is 211 g/mol. The largest absolute Gasteiger partial charge is 0.489 e. The Morgan fingerprint density at radius 3 is 2.25 bits per heavy atom. The van der Waals surface area contributed by atoms with Crippen LogP contribution in [0.1, 0.15) is 5.56 Å². The van der Waals surface area contributed by atoms with Crippen LogP contribution in [0.15, 0.2) is 54.6 Å². The van der Waals surface area contributed by atoms with E-state index >= 15 is 0 Å². The van der Waals surface area contributed by atoms with Gasteiger partial charge >= 0.3 is 7.48 Å². The molecule has 0 aliphatic heterocycles. The van der Waals surface area contributed by atoms with E-state index in [-0.39, 0.29) is 0 Å². The van der Waals surface area contributed by atoms with Gasteiger partial charge in [-0.3, -0.25) is 0 Å². The van der Waals surface area contributed by atoms with E-state index < -0.39 is 0 Å². The molecular weight excluding hydrogens is 199 g/mol. The molecule has 1 radical (unpaired) electrons. The zero-order chi connectivity index (χ0) is 11.2. The molecule has 16 heavy (non-hydrogen) atoms. The van der Waals surface area contributed by atoms with E-state index in [2.05, 4.69) is 0 Å². The summed E-state index contributed by atoms with van der Waals surface area (Å²) in [4.78, 5) is 0. The Bertz CT molecular complexity index is 425. The lowest BCUT2D eigenvalue weighted by molar-refractivity contribution is 0.306. The molecule has 0 aliphatic carbocycles. The van der Waals surface area contributed by atoms with Crippen molar-refractivity contribution in [2.24, 2.45) is 0 Å². The molecule has 0 bridgehead atoms. The van der Waals surface area contributed by atoms with Crippen molar-refractivity contribution < 1.29 is 9.76 Å². The standard InChI is InChI=1S/C13H12BO2/c15-14-12-6-8-13(9-7-12)16-10-11-4-2-1-3-5-11/h1-9,15H,10H2. The quantitative estimate of drug-likeness (QED) is 0.776. The van der Waals surface area contributed by atoms with Crippen molar-refractivity contribution in [3.05, 3.63) is 60.2 Å². The Labute approximate surface area is 95.8 Å². The zero-order valence-corrected chi connectivity index (χ0v) is 8.84. The van der Waals surface area contributed by atoms with E-state index in [1.807, 2.05) is 42.5 Å². The van der Waals surface area contributed by atoms with Crippen molar-refractivity contribution in [2.45, 2.75) is 6.61 Å². The summed E-state index contributed by atoms with van der Waals surface area (Å²) in [5.41, 5.74) is 1.91. The fraction of sp³-hybridized carbons (Fsp3) is 0.0769. The van der Waals surface area contributed by atoms with Gasteiger partial charge in [-0.15, -0.1) is 0 Å². The summed E-state index contributed by atoms with van der Waals surface area (Å²) in [5, 5.41) is 8.77. The lowest BCUT2D eigenvalue weighted by Gasteiger charge is -2.06. The molecule has 0 heterocycles. The van der Waals surface area contributed by atoms with Crippen molar-refractivity contribution in [1.82, 2.24) is 0 Å². The second-order valence-corrected chi connectivity index (χ2v) is 3.47. The van der Waals surface area contributed by atoms with Crippen molar-refractivity contribution in [3.8, 4) is 5.75 Å². The van der Waals surface area contributed by atoms with Crippen LogP contribution in [-0.2, 0) is 6.61 Å². The molecule has 2 rings (SSSR count). The summed E-state index contributed by atoms with van der Waals surface area (Å²) >= 11 is 0. The summed E-state index contributed by atoms with van der Waals surface area (Å²) in [7, 11) is 1.07. The number of ether oxygens (including phenoxy) is 1. The first-order valence-corrected chi connectivity index (χ1v) is 5.13. The van der Waals surface area contributed by atoms with Gasteiger partial charge in [0.25, 0.3) is 0 Å². The van der Waals surface area contributed by atoms with Gasteiger partial charge in [-0.05, 0) is 17.7 Å². The Balaban J connectivity index is 1.94. The minimum Gasteiger partial charge on any atom is -0.489 e. The molecule has 79 valence electrons. The van der Waals surface area contributed by atoms with Crippen LogP contribution in [0.2, 0.25) is 0 Å². The fourth-order valence-corrected chi connectivity index (χ4v) is 1.39. The van der Waals surface area contributed by atoms with Gasteiger partial charge in [0.15, 0.2) is 0 Å². The van der Waals surface area contributed by atoms with Gasteiger partial charge in [0.1, 0.15) is 12.4 Å². The van der Waals surface area contributed by atoms with Gasteiger partial charge in [-0.2, -0.15) is 0 Å². The Morgan fingerprint density at radius 1 is 0.938 bits per heavy atom. The molecular formula is C13H12BO2. The van der Waals surface area contributed by atoms with Crippen LogP contribution in [0.25, 0.3) is 0 Å². The van der Waals surface area contributed by atoms with Crippen LogP contribution in [0.3, 0.4) is 0 Å². The van der Waals surface area contributed by atoms with Gasteiger partial charge in [-0.25, -0.2) is 0 Å². The topological polar surface area (TPSA) is 29.5 Å². The van der Waals surface area contributed by atoms with Crippen molar-refractivity contribution in [3.63, 3.8) is 0 Å².